The van der Waals surface area contributed by atoms with Gasteiger partial charge in [-0.15, -0.1) is 11.8 Å². The lowest BCUT2D eigenvalue weighted by molar-refractivity contribution is -0.119. The number of imide groups is 1. The second-order valence-corrected chi connectivity index (χ2v) is 9.58. The third-order valence-corrected chi connectivity index (χ3v) is 7.55. The molecule has 8 nitrogen and oxygen atoms in total. The smallest absolute Gasteiger partial charge is 0.321 e. The van der Waals surface area contributed by atoms with Gasteiger partial charge in [0.25, 0.3) is 0 Å². The van der Waals surface area contributed by atoms with E-state index in [0.717, 1.165) is 25.7 Å². The predicted octanol–water partition coefficient (Wildman–Crippen LogP) is 2.36. The lowest BCUT2D eigenvalue weighted by atomic mass is 10.2. The summed E-state index contributed by atoms with van der Waals surface area (Å²) in [5.74, 6) is 0.0984. The molecule has 1 fully saturated rings. The van der Waals surface area contributed by atoms with Crippen LogP contribution in [0, 0.1) is 0 Å². The number of sulfonamides is 1. The number of carbonyl (C=O) groups is 2. The highest BCUT2D eigenvalue weighted by Gasteiger charge is 2.22. The molecule has 1 heterocycles. The molecule has 0 radical (unpaired) electrons. The Balaban J connectivity index is 1.77. The van der Waals surface area contributed by atoms with Gasteiger partial charge in [-0.05, 0) is 25.0 Å². The van der Waals surface area contributed by atoms with Crippen LogP contribution in [0.1, 0.15) is 46.0 Å². The van der Waals surface area contributed by atoms with Gasteiger partial charge in [-0.25, -0.2) is 18.2 Å². The number of hydrogen-bond donors (Lipinski definition) is 2. The van der Waals surface area contributed by atoms with Gasteiger partial charge < -0.3 is 5.32 Å². The number of pyridine rings is 1. The van der Waals surface area contributed by atoms with Gasteiger partial charge in [0.1, 0.15) is 4.90 Å². The van der Waals surface area contributed by atoms with E-state index in [1.807, 2.05) is 0 Å². The van der Waals surface area contributed by atoms with Crippen LogP contribution in [0.3, 0.4) is 0 Å². The van der Waals surface area contributed by atoms with Crippen LogP contribution in [0.25, 0.3) is 0 Å². The van der Waals surface area contributed by atoms with E-state index in [1.165, 1.54) is 28.3 Å². The van der Waals surface area contributed by atoms with Crippen molar-refractivity contribution < 1.29 is 18.0 Å². The van der Waals surface area contributed by atoms with Crippen molar-refractivity contribution in [3.05, 3.63) is 18.3 Å². The molecule has 0 atom stereocenters. The molecule has 1 aromatic rings. The molecule has 1 aliphatic rings. The average molecular weight is 429 g/mol. The first-order valence-corrected chi connectivity index (χ1v) is 12.0. The van der Waals surface area contributed by atoms with E-state index < -0.39 is 16.1 Å². The summed E-state index contributed by atoms with van der Waals surface area (Å²) in [5, 5.41) is 5.77. The summed E-state index contributed by atoms with van der Waals surface area (Å²) in [7, 11) is -3.52. The molecule has 0 saturated heterocycles. The van der Waals surface area contributed by atoms with Crippen molar-refractivity contribution in [2.45, 2.75) is 61.9 Å². The fraction of sp³-hybridized carbons (Fsp3) is 0.611. The minimum absolute atomic E-state index is 0.155. The topological polar surface area (TPSA) is 108 Å². The highest BCUT2D eigenvalue weighted by molar-refractivity contribution is 7.99. The molecule has 0 aliphatic heterocycles. The molecule has 28 heavy (non-hydrogen) atoms. The van der Waals surface area contributed by atoms with Gasteiger partial charge in [-0.3, -0.25) is 10.1 Å². The standard InChI is InChI=1S/C18H28N4O4S2/c1-3-22(4-2)28(25,26)15-9-10-17(19-13-15)27-12-11-16(23)21-18(24)20-14-7-5-6-8-14/h9-10,13-14H,3-8,11-12H2,1-2H3,(H2,20,21,23,24). The normalized spacial score (nSPS) is 15.0. The van der Waals surface area contributed by atoms with Gasteiger partial charge in [0.05, 0.1) is 5.03 Å². The minimum Gasteiger partial charge on any atom is -0.335 e. The molecule has 2 rings (SSSR count). The van der Waals surface area contributed by atoms with Gasteiger partial charge in [-0.1, -0.05) is 26.7 Å². The molecule has 156 valence electrons. The first-order valence-electron chi connectivity index (χ1n) is 9.56. The highest BCUT2D eigenvalue weighted by Crippen LogP contribution is 2.20. The van der Waals surface area contributed by atoms with Crippen molar-refractivity contribution in [2.24, 2.45) is 0 Å². The summed E-state index contributed by atoms with van der Waals surface area (Å²) in [6.07, 6.45) is 5.65. The molecule has 1 aromatic heterocycles. The van der Waals surface area contributed by atoms with Crippen LogP contribution in [0.4, 0.5) is 4.79 Å². The Hall–Kier alpha value is -1.65. The van der Waals surface area contributed by atoms with Crippen LogP contribution in [0.5, 0.6) is 0 Å². The second kappa shape index (κ2) is 10.8. The summed E-state index contributed by atoms with van der Waals surface area (Å²) < 4.78 is 26.2. The van der Waals surface area contributed by atoms with Gasteiger partial charge in [0.15, 0.2) is 0 Å². The predicted molar refractivity (Wildman–Crippen MR) is 109 cm³/mol. The molecule has 1 saturated carbocycles. The van der Waals surface area contributed by atoms with Crippen LogP contribution in [0.15, 0.2) is 28.3 Å². The Morgan fingerprint density at radius 3 is 2.46 bits per heavy atom. The number of aromatic nitrogens is 1. The van der Waals surface area contributed by atoms with E-state index in [-0.39, 0.29) is 23.3 Å². The van der Waals surface area contributed by atoms with Crippen LogP contribution < -0.4 is 10.6 Å². The number of thioether (sulfide) groups is 1. The Kier molecular flexibility index (Phi) is 8.71. The highest BCUT2D eigenvalue weighted by atomic mass is 32.2. The van der Waals surface area contributed by atoms with Gasteiger partial charge in [-0.2, -0.15) is 4.31 Å². The van der Waals surface area contributed by atoms with E-state index in [4.69, 9.17) is 0 Å². The van der Waals surface area contributed by atoms with Gasteiger partial charge in [0.2, 0.25) is 15.9 Å². The summed E-state index contributed by atoms with van der Waals surface area (Å²) in [6, 6.07) is 2.88. The lowest BCUT2D eigenvalue weighted by Crippen LogP contribution is -2.43. The lowest BCUT2D eigenvalue weighted by Gasteiger charge is -2.18. The van der Waals surface area contributed by atoms with Crippen molar-refractivity contribution in [1.29, 1.82) is 0 Å². The van der Waals surface area contributed by atoms with Crippen molar-refractivity contribution in [3.8, 4) is 0 Å². The molecule has 3 amide bonds. The molecule has 0 spiro atoms. The fourth-order valence-corrected chi connectivity index (χ4v) is 5.24. The number of urea groups is 1. The third kappa shape index (κ3) is 6.46. The van der Waals surface area contributed by atoms with Gasteiger partial charge >= 0.3 is 6.03 Å². The Labute approximate surface area is 170 Å². The summed E-state index contributed by atoms with van der Waals surface area (Å²) in [6.45, 7) is 4.38. The molecule has 10 heteroatoms. The van der Waals surface area contributed by atoms with Crippen LogP contribution in [-0.2, 0) is 14.8 Å². The van der Waals surface area contributed by atoms with E-state index >= 15 is 0 Å². The SMILES string of the molecule is CCN(CC)S(=O)(=O)c1ccc(SCCC(=O)NC(=O)NC2CCCC2)nc1. The summed E-state index contributed by atoms with van der Waals surface area (Å²) in [5.41, 5.74) is 0. The largest absolute Gasteiger partial charge is 0.335 e. The second-order valence-electron chi connectivity index (χ2n) is 6.52. The van der Waals surface area contributed by atoms with Crippen LogP contribution in [-0.4, -0.2) is 54.5 Å². The maximum absolute atomic E-state index is 12.4. The number of rotatable bonds is 9. The minimum atomic E-state index is -3.52. The maximum atomic E-state index is 12.4. The summed E-state index contributed by atoms with van der Waals surface area (Å²) in [4.78, 5) is 27.9. The third-order valence-electron chi connectivity index (χ3n) is 4.57. The van der Waals surface area contributed by atoms with Crippen LogP contribution >= 0.6 is 11.8 Å². The van der Waals surface area contributed by atoms with E-state index in [9.17, 15) is 18.0 Å². The molecule has 2 N–H and O–H groups in total. The maximum Gasteiger partial charge on any atom is 0.321 e. The number of amides is 3. The van der Waals surface area contributed by atoms with E-state index in [1.54, 1.807) is 19.9 Å². The van der Waals surface area contributed by atoms with Crippen molar-refractivity contribution in [3.63, 3.8) is 0 Å². The summed E-state index contributed by atoms with van der Waals surface area (Å²) >= 11 is 1.34. The monoisotopic (exact) mass is 428 g/mol. The Bertz CT molecular complexity index is 758. The zero-order valence-corrected chi connectivity index (χ0v) is 17.9. The molecular weight excluding hydrogens is 400 g/mol. The first-order chi connectivity index (χ1) is 13.4. The van der Waals surface area contributed by atoms with E-state index in [0.29, 0.717) is 23.9 Å². The molecule has 0 aromatic carbocycles. The quantitative estimate of drug-likeness (QED) is 0.585. The molecular formula is C18H28N4O4S2. The number of nitrogens with zero attached hydrogens (tertiary/aromatic N) is 2. The fourth-order valence-electron chi connectivity index (χ4n) is 3.05. The zero-order chi connectivity index (χ0) is 20.6. The average Bonchev–Trinajstić information content (AvgIpc) is 3.15. The van der Waals surface area contributed by atoms with Crippen molar-refractivity contribution in [1.82, 2.24) is 19.9 Å². The van der Waals surface area contributed by atoms with Crippen LogP contribution in [0.2, 0.25) is 0 Å². The first kappa shape index (κ1) is 22.6. The molecule has 0 unspecified atom stereocenters. The number of hydrogen-bond acceptors (Lipinski definition) is 6. The Morgan fingerprint density at radius 1 is 1.21 bits per heavy atom. The number of nitrogens with one attached hydrogen (secondary N) is 2. The number of carbonyl (C=O) groups excluding carboxylic acids is 2. The molecule has 0 bridgehead atoms. The zero-order valence-electron chi connectivity index (χ0n) is 16.3. The van der Waals surface area contributed by atoms with Crippen molar-refractivity contribution in [2.75, 3.05) is 18.8 Å². The molecule has 1 aliphatic carbocycles. The van der Waals surface area contributed by atoms with Crippen molar-refractivity contribution >= 4 is 33.7 Å². The van der Waals surface area contributed by atoms with Gasteiger partial charge in [0, 0.05) is 37.5 Å². The van der Waals surface area contributed by atoms with E-state index in [2.05, 4.69) is 15.6 Å². The Morgan fingerprint density at radius 2 is 1.89 bits per heavy atom.